The van der Waals surface area contributed by atoms with Gasteiger partial charge in [0.1, 0.15) is 25.8 Å². The number of benzene rings is 2. The van der Waals surface area contributed by atoms with Crippen LogP contribution in [0.15, 0.2) is 42.5 Å². The van der Waals surface area contributed by atoms with E-state index in [-0.39, 0.29) is 18.2 Å². The van der Waals surface area contributed by atoms with E-state index in [2.05, 4.69) is 5.32 Å². The lowest BCUT2D eigenvalue weighted by atomic mass is 10.1. The van der Waals surface area contributed by atoms with E-state index < -0.39 is 28.5 Å². The number of carbonyl (C=O) groups excluding carboxylic acids is 2. The monoisotopic (exact) mass is 545 g/mol. The van der Waals surface area contributed by atoms with Gasteiger partial charge >= 0.3 is 0 Å². The Hall–Kier alpha value is -3.27. The van der Waals surface area contributed by atoms with E-state index in [0.29, 0.717) is 43.4 Å². The molecular formula is C28H39N3O6S. The second-order valence-electron chi connectivity index (χ2n) is 9.25. The van der Waals surface area contributed by atoms with E-state index >= 15 is 0 Å². The number of rotatable bonds is 13. The molecule has 0 saturated carbocycles. The van der Waals surface area contributed by atoms with Gasteiger partial charge in [0.25, 0.3) is 0 Å². The third-order valence-electron chi connectivity index (χ3n) is 6.61. The minimum absolute atomic E-state index is 0.187. The van der Waals surface area contributed by atoms with Crippen molar-refractivity contribution in [3.63, 3.8) is 0 Å². The Morgan fingerprint density at radius 1 is 1.03 bits per heavy atom. The molecule has 1 N–H and O–H groups in total. The quantitative estimate of drug-likeness (QED) is 0.385. The summed E-state index contributed by atoms with van der Waals surface area (Å²) in [5.41, 5.74) is 2.18. The van der Waals surface area contributed by atoms with Crippen LogP contribution in [0.4, 0.5) is 5.69 Å². The molecule has 1 heterocycles. The first-order chi connectivity index (χ1) is 18.2. The van der Waals surface area contributed by atoms with E-state index in [1.54, 1.807) is 18.2 Å². The molecule has 2 aromatic carbocycles. The number of hydrogen-bond acceptors (Lipinski definition) is 6. The molecule has 1 unspecified atom stereocenters. The standard InChI is InChI=1S/C28H39N3O6S/c1-5-8-15-29-28(33)24(6-2)30(19-22-12-10-9-11-21(22)4)27(32)20-31(38(34,35)7-3)23-13-14-25-26(18-23)37-17-16-36-25/h9-14,18,24H,5-8,15-17,19-20H2,1-4H3,(H,29,33). The van der Waals surface area contributed by atoms with Crippen molar-refractivity contribution in [2.45, 2.75) is 59.5 Å². The number of amides is 2. The predicted octanol–water partition coefficient (Wildman–Crippen LogP) is 3.65. The van der Waals surface area contributed by atoms with Crippen LogP contribution in [0, 0.1) is 6.92 Å². The molecule has 3 rings (SSSR count). The maximum absolute atomic E-state index is 13.9. The molecule has 38 heavy (non-hydrogen) atoms. The summed E-state index contributed by atoms with van der Waals surface area (Å²) in [6.45, 7) is 8.40. The van der Waals surface area contributed by atoms with Crippen LogP contribution in [0.2, 0.25) is 0 Å². The van der Waals surface area contributed by atoms with Gasteiger partial charge in [0.15, 0.2) is 11.5 Å². The van der Waals surface area contributed by atoms with Crippen molar-refractivity contribution in [1.29, 1.82) is 0 Å². The second-order valence-corrected chi connectivity index (χ2v) is 11.4. The maximum atomic E-state index is 13.9. The van der Waals surface area contributed by atoms with Crippen molar-refractivity contribution in [3.05, 3.63) is 53.6 Å². The first-order valence-corrected chi connectivity index (χ1v) is 14.8. The molecule has 1 aliphatic heterocycles. The fraction of sp³-hybridized carbons (Fsp3) is 0.500. The summed E-state index contributed by atoms with van der Waals surface area (Å²) in [7, 11) is -3.83. The minimum atomic E-state index is -3.83. The van der Waals surface area contributed by atoms with Crippen LogP contribution in [0.3, 0.4) is 0 Å². The predicted molar refractivity (Wildman–Crippen MR) is 148 cm³/mol. The number of unbranched alkanes of at least 4 members (excludes halogenated alkanes) is 1. The molecule has 1 atom stereocenters. The topological polar surface area (TPSA) is 105 Å². The summed E-state index contributed by atoms with van der Waals surface area (Å²) in [5, 5.41) is 2.94. The Morgan fingerprint density at radius 2 is 1.74 bits per heavy atom. The maximum Gasteiger partial charge on any atom is 0.244 e. The SMILES string of the molecule is CCCCNC(=O)C(CC)N(Cc1ccccc1C)C(=O)CN(c1ccc2c(c1)OCCO2)S(=O)(=O)CC. The lowest BCUT2D eigenvalue weighted by molar-refractivity contribution is -0.140. The Balaban J connectivity index is 1.96. The van der Waals surface area contributed by atoms with Crippen molar-refractivity contribution >= 4 is 27.5 Å². The van der Waals surface area contributed by atoms with Crippen LogP contribution < -0.4 is 19.1 Å². The van der Waals surface area contributed by atoms with Crippen molar-refractivity contribution < 1.29 is 27.5 Å². The van der Waals surface area contributed by atoms with Crippen molar-refractivity contribution in [1.82, 2.24) is 10.2 Å². The number of anilines is 1. The second kappa shape index (κ2) is 13.5. The molecule has 9 nitrogen and oxygen atoms in total. The number of carbonyl (C=O) groups is 2. The van der Waals surface area contributed by atoms with Gasteiger partial charge in [-0.3, -0.25) is 13.9 Å². The summed E-state index contributed by atoms with van der Waals surface area (Å²) in [6.07, 6.45) is 2.16. The van der Waals surface area contributed by atoms with E-state index in [4.69, 9.17) is 9.47 Å². The smallest absolute Gasteiger partial charge is 0.244 e. The molecule has 0 spiro atoms. The Bertz CT molecular complexity index is 1220. The highest BCUT2D eigenvalue weighted by atomic mass is 32.2. The molecule has 208 valence electrons. The highest BCUT2D eigenvalue weighted by Crippen LogP contribution is 2.35. The van der Waals surface area contributed by atoms with Gasteiger partial charge in [0, 0.05) is 19.2 Å². The summed E-state index contributed by atoms with van der Waals surface area (Å²) in [5.74, 6) is 0.0539. The fourth-order valence-corrected chi connectivity index (χ4v) is 5.36. The van der Waals surface area contributed by atoms with Gasteiger partial charge in [0.2, 0.25) is 21.8 Å². The number of nitrogens with one attached hydrogen (secondary N) is 1. The first kappa shape index (κ1) is 29.3. The highest BCUT2D eigenvalue weighted by Gasteiger charge is 2.33. The van der Waals surface area contributed by atoms with Crippen LogP contribution in [-0.2, 0) is 26.2 Å². The molecule has 10 heteroatoms. The average Bonchev–Trinajstić information content (AvgIpc) is 2.92. The number of nitrogens with zero attached hydrogens (tertiary/aromatic N) is 2. The normalized spacial score (nSPS) is 13.5. The fourth-order valence-electron chi connectivity index (χ4n) is 4.30. The molecule has 0 fully saturated rings. The zero-order chi connectivity index (χ0) is 27.7. The summed E-state index contributed by atoms with van der Waals surface area (Å²) < 4.78 is 38.7. The van der Waals surface area contributed by atoms with E-state index in [0.717, 1.165) is 28.3 Å². The molecular weight excluding hydrogens is 506 g/mol. The minimum Gasteiger partial charge on any atom is -0.486 e. The molecule has 0 aromatic heterocycles. The number of ether oxygens (including phenoxy) is 2. The molecule has 0 saturated heterocycles. The van der Waals surface area contributed by atoms with Crippen molar-refractivity contribution in [2.24, 2.45) is 0 Å². The van der Waals surface area contributed by atoms with Gasteiger partial charge in [-0.15, -0.1) is 0 Å². The lowest BCUT2D eigenvalue weighted by Gasteiger charge is -2.33. The van der Waals surface area contributed by atoms with Crippen LogP contribution >= 0.6 is 0 Å². The Morgan fingerprint density at radius 3 is 2.39 bits per heavy atom. The molecule has 0 bridgehead atoms. The Kier molecular flexibility index (Phi) is 10.4. The van der Waals surface area contributed by atoms with Gasteiger partial charge in [-0.2, -0.15) is 0 Å². The van der Waals surface area contributed by atoms with Crippen LogP contribution in [0.1, 0.15) is 51.2 Å². The highest BCUT2D eigenvalue weighted by molar-refractivity contribution is 7.92. The first-order valence-electron chi connectivity index (χ1n) is 13.2. The average molecular weight is 546 g/mol. The molecule has 0 aliphatic carbocycles. The van der Waals surface area contributed by atoms with Gasteiger partial charge in [-0.25, -0.2) is 8.42 Å². The Labute approximate surface area is 226 Å². The summed E-state index contributed by atoms with van der Waals surface area (Å²) in [4.78, 5) is 28.6. The number of sulfonamides is 1. The van der Waals surface area contributed by atoms with Gasteiger partial charge < -0.3 is 19.7 Å². The molecule has 1 aliphatic rings. The zero-order valence-corrected chi connectivity index (χ0v) is 23.6. The largest absolute Gasteiger partial charge is 0.486 e. The van der Waals surface area contributed by atoms with Gasteiger partial charge in [0.05, 0.1) is 11.4 Å². The summed E-state index contributed by atoms with van der Waals surface area (Å²) >= 11 is 0. The third-order valence-corrected chi connectivity index (χ3v) is 8.35. The van der Waals surface area contributed by atoms with Crippen molar-refractivity contribution in [2.75, 3.05) is 36.4 Å². The van der Waals surface area contributed by atoms with Crippen LogP contribution in [0.5, 0.6) is 11.5 Å². The number of hydrogen-bond donors (Lipinski definition) is 1. The number of fused-ring (bicyclic) bond motifs is 1. The van der Waals surface area contributed by atoms with Crippen LogP contribution in [-0.4, -0.2) is 63.2 Å². The van der Waals surface area contributed by atoms with Gasteiger partial charge in [-0.05, 0) is 49.9 Å². The lowest BCUT2D eigenvalue weighted by Crippen LogP contribution is -2.52. The zero-order valence-electron chi connectivity index (χ0n) is 22.7. The number of aryl methyl sites for hydroxylation is 1. The van der Waals surface area contributed by atoms with E-state index in [9.17, 15) is 18.0 Å². The van der Waals surface area contributed by atoms with Gasteiger partial charge in [-0.1, -0.05) is 44.5 Å². The molecule has 2 amide bonds. The van der Waals surface area contributed by atoms with Crippen molar-refractivity contribution in [3.8, 4) is 11.5 Å². The van der Waals surface area contributed by atoms with E-state index in [1.165, 1.54) is 11.8 Å². The van der Waals surface area contributed by atoms with E-state index in [1.807, 2.05) is 45.0 Å². The van der Waals surface area contributed by atoms with Crippen LogP contribution in [0.25, 0.3) is 0 Å². The molecule has 2 aromatic rings. The summed E-state index contributed by atoms with van der Waals surface area (Å²) in [6, 6.07) is 11.7. The third kappa shape index (κ3) is 7.18. The molecule has 0 radical (unpaired) electrons.